The van der Waals surface area contributed by atoms with E-state index in [1.807, 2.05) is 6.92 Å². The van der Waals surface area contributed by atoms with E-state index in [0.717, 1.165) is 24.3 Å². The first-order valence-electron chi connectivity index (χ1n) is 9.97. The van der Waals surface area contributed by atoms with Gasteiger partial charge in [0, 0.05) is 18.6 Å². The van der Waals surface area contributed by atoms with Crippen LogP contribution >= 0.6 is 0 Å². The van der Waals surface area contributed by atoms with Crippen LogP contribution in [0.25, 0.3) is 0 Å². The van der Waals surface area contributed by atoms with Crippen LogP contribution in [-0.4, -0.2) is 18.9 Å². The van der Waals surface area contributed by atoms with E-state index in [9.17, 15) is 4.79 Å². The Hall–Kier alpha value is -1.09. The third-order valence-corrected chi connectivity index (χ3v) is 7.16. The lowest BCUT2D eigenvalue weighted by atomic mass is 9.47. The second-order valence-corrected chi connectivity index (χ2v) is 9.11. The number of allylic oxidation sites excluding steroid dienone is 2. The van der Waals surface area contributed by atoms with Gasteiger partial charge in [-0.25, -0.2) is 4.79 Å². The van der Waals surface area contributed by atoms with Gasteiger partial charge in [0.05, 0.1) is 0 Å². The van der Waals surface area contributed by atoms with Gasteiger partial charge >= 0.3 is 5.97 Å². The van der Waals surface area contributed by atoms with Crippen molar-refractivity contribution in [3.63, 3.8) is 0 Å². The summed E-state index contributed by atoms with van der Waals surface area (Å²) < 4.78 is 10.7. The summed E-state index contributed by atoms with van der Waals surface area (Å²) in [4.78, 5) is 12.1. The van der Waals surface area contributed by atoms with Crippen LogP contribution < -0.4 is 0 Å². The average Bonchev–Trinajstić information content (AvgIpc) is 2.86. The predicted molar refractivity (Wildman–Crippen MR) is 99.9 cm³/mol. The Morgan fingerprint density at radius 3 is 2.80 bits per heavy atom. The van der Waals surface area contributed by atoms with Gasteiger partial charge in [-0.2, -0.15) is 0 Å². The highest BCUT2D eigenvalue weighted by atomic mass is 16.7. The molecule has 0 radical (unpaired) electrons. The lowest BCUT2D eigenvalue weighted by Gasteiger charge is -2.58. The Balaban J connectivity index is 1.77. The molecule has 1 aliphatic heterocycles. The summed E-state index contributed by atoms with van der Waals surface area (Å²) in [5.74, 6) is 1.01. The van der Waals surface area contributed by atoms with Crippen LogP contribution in [0.4, 0.5) is 0 Å². The molecule has 0 bridgehead atoms. The summed E-state index contributed by atoms with van der Waals surface area (Å²) in [5, 5.41) is 0. The molecule has 3 aliphatic rings. The molecule has 1 saturated heterocycles. The number of esters is 1. The molecule has 0 aromatic heterocycles. The highest BCUT2D eigenvalue weighted by molar-refractivity contribution is 5.90. The molecule has 4 atom stereocenters. The minimum Gasteiger partial charge on any atom is -0.432 e. The number of hydrogen-bond donors (Lipinski definition) is 0. The normalized spacial score (nSPS) is 39.4. The second kappa shape index (κ2) is 6.90. The van der Waals surface area contributed by atoms with Crippen molar-refractivity contribution in [3.8, 4) is 0 Å². The number of carbonyl (C=O) groups excluding carboxylic acids is 1. The molecule has 0 aromatic rings. The summed E-state index contributed by atoms with van der Waals surface area (Å²) in [5.41, 5.74) is 2.87. The van der Waals surface area contributed by atoms with Crippen molar-refractivity contribution < 1.29 is 14.3 Å². The van der Waals surface area contributed by atoms with Gasteiger partial charge in [-0.1, -0.05) is 45.4 Å². The van der Waals surface area contributed by atoms with Gasteiger partial charge in [-0.15, -0.1) is 0 Å². The van der Waals surface area contributed by atoms with Gasteiger partial charge in [0.15, 0.2) is 0 Å². The van der Waals surface area contributed by atoms with Gasteiger partial charge in [0.25, 0.3) is 0 Å². The number of cyclic esters (lactones) is 1. The van der Waals surface area contributed by atoms with E-state index >= 15 is 0 Å². The lowest BCUT2D eigenvalue weighted by molar-refractivity contribution is -0.160. The maximum Gasteiger partial charge on any atom is 0.336 e. The smallest absolute Gasteiger partial charge is 0.336 e. The summed E-state index contributed by atoms with van der Waals surface area (Å²) >= 11 is 0. The zero-order chi connectivity index (χ0) is 18.2. The van der Waals surface area contributed by atoms with Crippen LogP contribution in [0.3, 0.4) is 0 Å². The molecule has 2 aliphatic carbocycles. The Morgan fingerprint density at radius 1 is 1.32 bits per heavy atom. The van der Waals surface area contributed by atoms with E-state index in [1.165, 1.54) is 31.3 Å². The SMILES string of the molecule is C=C1CC[C@H]2C(C)(C)CCC[C@]2(C)[C@H]1C/C=C1\C[C@@H](OCC)OC1=O. The molecule has 0 aromatic carbocycles. The maximum atomic E-state index is 12.1. The Morgan fingerprint density at radius 2 is 2.08 bits per heavy atom. The van der Waals surface area contributed by atoms with Crippen LogP contribution in [0.2, 0.25) is 0 Å². The molecular formula is C22H34O3. The first kappa shape index (κ1) is 18.7. The molecular weight excluding hydrogens is 312 g/mol. The second-order valence-electron chi connectivity index (χ2n) is 9.11. The summed E-state index contributed by atoms with van der Waals surface area (Å²) in [7, 11) is 0. The molecule has 2 saturated carbocycles. The average molecular weight is 347 g/mol. The van der Waals surface area contributed by atoms with Crippen molar-refractivity contribution >= 4 is 5.97 Å². The molecule has 1 heterocycles. The summed E-state index contributed by atoms with van der Waals surface area (Å²) in [6.07, 6.45) is 9.52. The van der Waals surface area contributed by atoms with E-state index in [-0.39, 0.29) is 5.97 Å². The Labute approximate surface area is 152 Å². The fourth-order valence-corrected chi connectivity index (χ4v) is 5.91. The van der Waals surface area contributed by atoms with Gasteiger partial charge in [0.1, 0.15) is 0 Å². The van der Waals surface area contributed by atoms with Crippen molar-refractivity contribution in [2.75, 3.05) is 6.61 Å². The van der Waals surface area contributed by atoms with E-state index in [4.69, 9.17) is 9.47 Å². The van der Waals surface area contributed by atoms with Gasteiger partial charge in [-0.05, 0) is 61.7 Å². The minimum absolute atomic E-state index is 0.203. The van der Waals surface area contributed by atoms with Gasteiger partial charge in [0.2, 0.25) is 6.29 Å². The maximum absolute atomic E-state index is 12.1. The Bertz CT molecular complexity index is 574. The standard InChI is InChI=1S/C22H34O3/c1-6-24-19-14-16(20(23)25-19)9-10-17-15(2)8-11-18-21(3,4)12-7-13-22(17,18)5/h9,17-19H,2,6-8,10-14H2,1,3-5H3/b16-9+/t17-,18-,19-,22+/m0/s1. The topological polar surface area (TPSA) is 35.5 Å². The number of rotatable bonds is 4. The number of fused-ring (bicyclic) bond motifs is 1. The molecule has 0 N–H and O–H groups in total. The van der Waals surface area contributed by atoms with Crippen molar-refractivity contribution in [2.45, 2.75) is 78.9 Å². The monoisotopic (exact) mass is 346 g/mol. The van der Waals surface area contributed by atoms with Crippen molar-refractivity contribution in [2.24, 2.45) is 22.7 Å². The lowest BCUT2D eigenvalue weighted by Crippen LogP contribution is -2.49. The van der Waals surface area contributed by atoms with Gasteiger partial charge in [-0.3, -0.25) is 0 Å². The third-order valence-electron chi connectivity index (χ3n) is 7.16. The molecule has 3 heteroatoms. The van der Waals surface area contributed by atoms with Crippen LogP contribution in [0.1, 0.15) is 72.6 Å². The molecule has 3 fully saturated rings. The third kappa shape index (κ3) is 3.45. The minimum atomic E-state index is -0.393. The van der Waals surface area contributed by atoms with E-state index in [2.05, 4.69) is 33.4 Å². The summed E-state index contributed by atoms with van der Waals surface area (Å²) in [6.45, 7) is 14.3. The van der Waals surface area contributed by atoms with Crippen LogP contribution in [-0.2, 0) is 14.3 Å². The van der Waals surface area contributed by atoms with Crippen molar-refractivity contribution in [3.05, 3.63) is 23.8 Å². The molecule has 3 rings (SSSR count). The van der Waals surface area contributed by atoms with Crippen LogP contribution in [0.15, 0.2) is 23.8 Å². The number of ether oxygens (including phenoxy) is 2. The molecule has 0 unspecified atom stereocenters. The molecule has 3 nitrogen and oxygen atoms in total. The van der Waals surface area contributed by atoms with E-state index < -0.39 is 6.29 Å². The Kier molecular flexibility index (Phi) is 5.16. The van der Waals surface area contributed by atoms with E-state index in [1.54, 1.807) is 0 Å². The van der Waals surface area contributed by atoms with E-state index in [0.29, 0.717) is 29.8 Å². The van der Waals surface area contributed by atoms with Crippen LogP contribution in [0.5, 0.6) is 0 Å². The first-order chi connectivity index (χ1) is 11.8. The predicted octanol–water partition coefficient (Wildman–Crippen LogP) is 5.41. The quantitative estimate of drug-likeness (QED) is 0.388. The van der Waals surface area contributed by atoms with Gasteiger partial charge < -0.3 is 9.47 Å². The zero-order valence-corrected chi connectivity index (χ0v) is 16.4. The highest BCUT2D eigenvalue weighted by Crippen LogP contribution is 2.61. The number of carbonyl (C=O) groups is 1. The van der Waals surface area contributed by atoms with Crippen molar-refractivity contribution in [1.82, 2.24) is 0 Å². The summed E-state index contributed by atoms with van der Waals surface area (Å²) in [6, 6.07) is 0. The molecule has 0 spiro atoms. The first-order valence-corrected chi connectivity index (χ1v) is 9.97. The van der Waals surface area contributed by atoms with Crippen molar-refractivity contribution in [1.29, 1.82) is 0 Å². The highest BCUT2D eigenvalue weighted by Gasteiger charge is 2.52. The molecule has 0 amide bonds. The largest absolute Gasteiger partial charge is 0.432 e. The fourth-order valence-electron chi connectivity index (χ4n) is 5.91. The van der Waals surface area contributed by atoms with Crippen LogP contribution in [0, 0.1) is 22.7 Å². The molecule has 140 valence electrons. The zero-order valence-electron chi connectivity index (χ0n) is 16.4. The molecule has 25 heavy (non-hydrogen) atoms. The number of hydrogen-bond acceptors (Lipinski definition) is 3. The fraction of sp³-hybridized carbons (Fsp3) is 0.773.